The van der Waals surface area contributed by atoms with Crippen LogP contribution in [0.15, 0.2) is 48.7 Å². The topological polar surface area (TPSA) is 250 Å². The molecule has 0 bridgehead atoms. The maximum absolute atomic E-state index is 14.0. The molecule has 0 spiro atoms. The number of nitrogens with two attached hydrogens (primary N) is 2. The van der Waals surface area contributed by atoms with Gasteiger partial charge in [-0.2, -0.15) is 10.2 Å². The van der Waals surface area contributed by atoms with Gasteiger partial charge in [-0.1, -0.05) is 12.2 Å². The van der Waals surface area contributed by atoms with E-state index in [1.165, 1.54) is 12.3 Å². The summed E-state index contributed by atoms with van der Waals surface area (Å²) in [6.45, 7) is 9.52. The summed E-state index contributed by atoms with van der Waals surface area (Å²) in [7, 11) is 0. The summed E-state index contributed by atoms with van der Waals surface area (Å²) in [6.07, 6.45) is 10.0. The minimum absolute atomic E-state index is 0.176. The Labute approximate surface area is 368 Å². The van der Waals surface area contributed by atoms with Crippen molar-refractivity contribution in [2.45, 2.75) is 84.0 Å². The van der Waals surface area contributed by atoms with E-state index >= 15 is 0 Å². The number of nitrogens with one attached hydrogen (secondary N) is 2. The Hall–Kier alpha value is -6.93. The fraction of sp³-hybridized carbons (Fsp3) is 0.432. The van der Waals surface area contributed by atoms with Crippen LogP contribution in [0.2, 0.25) is 0 Å². The zero-order valence-electron chi connectivity index (χ0n) is 36.0. The molecule has 3 fully saturated rings. The highest BCUT2D eigenvalue weighted by Crippen LogP contribution is 2.40. The van der Waals surface area contributed by atoms with Gasteiger partial charge < -0.3 is 25.5 Å². The fourth-order valence-electron chi connectivity index (χ4n) is 8.03. The van der Waals surface area contributed by atoms with Crippen molar-refractivity contribution in [3.05, 3.63) is 82.6 Å². The molecule has 0 atom stereocenters. The van der Waals surface area contributed by atoms with E-state index in [4.69, 9.17) is 31.0 Å². The lowest BCUT2D eigenvalue weighted by molar-refractivity contribution is 0.0358. The van der Waals surface area contributed by atoms with Crippen molar-refractivity contribution in [3.63, 3.8) is 0 Å². The number of ether oxygens (including phenoxy) is 2. The molecule has 20 nitrogen and oxygen atoms in total. The van der Waals surface area contributed by atoms with Gasteiger partial charge in [0.2, 0.25) is 23.7 Å². The summed E-state index contributed by atoms with van der Waals surface area (Å²) in [5.74, 6) is -0.535. The summed E-state index contributed by atoms with van der Waals surface area (Å²) in [5, 5.41) is 15.3. The number of hydrogen-bond donors (Lipinski definition) is 4. The van der Waals surface area contributed by atoms with Gasteiger partial charge in [-0.25, -0.2) is 15.0 Å². The first kappa shape index (κ1) is 42.4. The Morgan fingerprint density at radius 1 is 0.766 bits per heavy atom. The molecule has 6 aromatic rings. The second kappa shape index (κ2) is 18.0. The number of aryl methyl sites for hydroxylation is 2. The SMILES string of the molecule is CCn1nc(C2CC2)cc1C(=O)Nc1nc2cc(C(N)=O)cnc2n1C/C=C/Cn1c(NC(=O)c2cc(C3CC3)nn2CC)nc2cc(C(N)=O)cc(OCCCN3CCOCC3)c21. The van der Waals surface area contributed by atoms with Gasteiger partial charge >= 0.3 is 0 Å². The monoisotopic (exact) mass is 872 g/mol. The number of allylic oxidation sites excluding steroid dienone is 2. The molecule has 1 aromatic carbocycles. The number of imidazole rings is 2. The van der Waals surface area contributed by atoms with E-state index < -0.39 is 11.8 Å². The second-order valence-electron chi connectivity index (χ2n) is 16.4. The van der Waals surface area contributed by atoms with E-state index in [-0.39, 0.29) is 47.9 Å². The number of primary amides is 2. The first-order valence-electron chi connectivity index (χ1n) is 21.9. The lowest BCUT2D eigenvalue weighted by Crippen LogP contribution is -2.37. The third kappa shape index (κ3) is 8.96. The number of hydrogen-bond acceptors (Lipinski definition) is 12. The molecule has 0 radical (unpaired) electrons. The molecule has 20 heteroatoms. The van der Waals surface area contributed by atoms with Crippen LogP contribution >= 0.6 is 0 Å². The van der Waals surface area contributed by atoms with Gasteiger partial charge in [0.25, 0.3) is 11.8 Å². The number of rotatable bonds is 19. The largest absolute Gasteiger partial charge is 0.491 e. The smallest absolute Gasteiger partial charge is 0.276 e. The number of pyridine rings is 1. The lowest BCUT2D eigenvalue weighted by atomic mass is 10.1. The predicted molar refractivity (Wildman–Crippen MR) is 236 cm³/mol. The van der Waals surface area contributed by atoms with Gasteiger partial charge in [-0.15, -0.1) is 0 Å². The standard InChI is InChI=1S/C44H52N14O6/c1-3-57-34(23-30(52-57)26-8-9-26)41(61)50-43-48-32-20-28(38(45)59)22-36(64-17-7-12-54-15-18-63-19-16-54)37(32)55(43)13-5-6-14-56-40-33(21-29(25-47-40)39(46)60)49-44(56)51-42(62)35-24-31(27-10-11-27)53-58(35)4-2/h5-6,20-27H,3-4,7-19H2,1-2H3,(H2,45,59)(H2,46,60)(H,48,50,61)(H,49,51,62)/b6-5+. The van der Waals surface area contributed by atoms with Crippen LogP contribution in [0.5, 0.6) is 5.75 Å². The van der Waals surface area contributed by atoms with Gasteiger partial charge in [0.15, 0.2) is 5.65 Å². The van der Waals surface area contributed by atoms with E-state index in [0.717, 1.165) is 63.1 Å². The Bertz CT molecular complexity index is 2780. The summed E-state index contributed by atoms with van der Waals surface area (Å²) >= 11 is 0. The zero-order valence-corrected chi connectivity index (χ0v) is 36.0. The fourth-order valence-corrected chi connectivity index (χ4v) is 8.03. The van der Waals surface area contributed by atoms with Gasteiger partial charge in [-0.05, 0) is 76.3 Å². The first-order valence-corrected chi connectivity index (χ1v) is 21.9. The number of amides is 4. The number of nitrogens with zero attached hydrogens (tertiary/aromatic N) is 10. The number of morpholine rings is 1. The maximum atomic E-state index is 14.0. The molecule has 6 N–H and O–H groups in total. The number of anilines is 2. The van der Waals surface area contributed by atoms with Gasteiger partial charge in [-0.3, -0.25) is 48.6 Å². The average molecular weight is 873 g/mol. The van der Waals surface area contributed by atoms with Crippen molar-refractivity contribution in [1.82, 2.24) is 48.5 Å². The number of fused-ring (bicyclic) bond motifs is 2. The first-order chi connectivity index (χ1) is 31.1. The highest BCUT2D eigenvalue weighted by Gasteiger charge is 2.30. The number of aromatic nitrogens is 9. The van der Waals surface area contributed by atoms with Crippen molar-refractivity contribution in [1.29, 1.82) is 0 Å². The molecule has 5 aromatic heterocycles. The van der Waals surface area contributed by atoms with E-state index in [0.29, 0.717) is 84.1 Å². The zero-order chi connectivity index (χ0) is 44.5. The van der Waals surface area contributed by atoms with E-state index in [9.17, 15) is 19.2 Å². The van der Waals surface area contributed by atoms with Crippen molar-refractivity contribution < 1.29 is 28.7 Å². The molecule has 9 rings (SSSR count). The van der Waals surface area contributed by atoms with Crippen molar-refractivity contribution in [2.75, 3.05) is 50.1 Å². The normalized spacial score (nSPS) is 15.7. The molecule has 2 saturated carbocycles. The number of benzene rings is 1. The summed E-state index contributed by atoms with van der Waals surface area (Å²) in [6, 6.07) is 8.40. The molecule has 4 amide bonds. The van der Waals surface area contributed by atoms with Crippen LogP contribution in [0.4, 0.5) is 11.9 Å². The van der Waals surface area contributed by atoms with Crippen molar-refractivity contribution in [2.24, 2.45) is 11.5 Å². The van der Waals surface area contributed by atoms with Crippen LogP contribution in [0, 0.1) is 0 Å². The molecule has 64 heavy (non-hydrogen) atoms. The highest BCUT2D eigenvalue weighted by molar-refractivity contribution is 6.05. The Morgan fingerprint density at radius 2 is 1.33 bits per heavy atom. The number of carbonyl (C=O) groups excluding carboxylic acids is 4. The molecule has 1 aliphatic heterocycles. The van der Waals surface area contributed by atoms with Crippen molar-refractivity contribution >= 4 is 57.7 Å². The lowest BCUT2D eigenvalue weighted by Gasteiger charge is -2.26. The third-order valence-corrected chi connectivity index (χ3v) is 11.8. The second-order valence-corrected chi connectivity index (χ2v) is 16.4. The van der Waals surface area contributed by atoms with E-state index in [1.807, 2.05) is 42.7 Å². The van der Waals surface area contributed by atoms with Crippen molar-refractivity contribution in [3.8, 4) is 5.75 Å². The van der Waals surface area contributed by atoms with Gasteiger partial charge in [0, 0.05) is 69.4 Å². The summed E-state index contributed by atoms with van der Waals surface area (Å²) in [4.78, 5) is 68.8. The molecule has 3 aliphatic rings. The predicted octanol–water partition coefficient (Wildman–Crippen LogP) is 4.03. The quantitative estimate of drug-likeness (QED) is 0.0666. The van der Waals surface area contributed by atoms with Crippen LogP contribution in [-0.4, -0.2) is 112 Å². The minimum Gasteiger partial charge on any atom is -0.491 e. The number of carbonyl (C=O) groups is 4. The van der Waals surface area contributed by atoms with E-state index in [2.05, 4.69) is 30.6 Å². The van der Waals surface area contributed by atoms with Crippen LogP contribution in [0.25, 0.3) is 22.2 Å². The molecular weight excluding hydrogens is 821 g/mol. The van der Waals surface area contributed by atoms with E-state index in [1.54, 1.807) is 26.1 Å². The molecule has 2 aliphatic carbocycles. The summed E-state index contributed by atoms with van der Waals surface area (Å²) in [5.41, 5.74) is 16.1. The van der Waals surface area contributed by atoms with Crippen LogP contribution in [0.1, 0.15) is 111 Å². The third-order valence-electron chi connectivity index (χ3n) is 11.8. The van der Waals surface area contributed by atoms with Gasteiger partial charge in [0.05, 0.1) is 42.3 Å². The Balaban J connectivity index is 1.03. The average Bonchev–Trinajstić information content (AvgIpc) is 4.18. The minimum atomic E-state index is -0.657. The van der Waals surface area contributed by atoms with Crippen LogP contribution in [0.3, 0.4) is 0 Å². The molecule has 0 unspecified atom stereocenters. The Kier molecular flexibility index (Phi) is 11.9. The molecule has 1 saturated heterocycles. The van der Waals surface area contributed by atoms with Crippen LogP contribution < -0.4 is 26.8 Å². The molecular formula is C44H52N14O6. The van der Waals surface area contributed by atoms with Gasteiger partial charge in [0.1, 0.15) is 28.2 Å². The summed E-state index contributed by atoms with van der Waals surface area (Å²) < 4.78 is 18.8. The molecule has 6 heterocycles. The molecule has 334 valence electrons. The highest BCUT2D eigenvalue weighted by atomic mass is 16.5. The van der Waals surface area contributed by atoms with Crippen LogP contribution in [-0.2, 0) is 30.9 Å². The Morgan fingerprint density at radius 3 is 1.91 bits per heavy atom. The maximum Gasteiger partial charge on any atom is 0.276 e.